The molecule has 1 aromatic carbocycles. The maximum atomic E-state index is 2.53. The topological polar surface area (TPSA) is 0 Å². The van der Waals surface area contributed by atoms with E-state index in [1.807, 2.05) is 0 Å². The van der Waals surface area contributed by atoms with E-state index in [1.165, 1.54) is 88.4 Å². The van der Waals surface area contributed by atoms with Crippen LogP contribution in [0, 0.1) is 10.8 Å². The molecule has 2 nitrogen and oxygen atoms in total. The molecule has 3 rings (SSSR count). The third-order valence-corrected chi connectivity index (χ3v) is 8.33. The minimum atomic E-state index is 0.457. The maximum Gasteiger partial charge on any atom is 0.104 e. The van der Waals surface area contributed by atoms with Gasteiger partial charge in [-0.05, 0) is 64.2 Å². The third-order valence-electron chi connectivity index (χ3n) is 8.33. The Morgan fingerprint density at radius 1 is 0.559 bits per heavy atom. The summed E-state index contributed by atoms with van der Waals surface area (Å²) in [6.45, 7) is 9.83. The van der Waals surface area contributed by atoms with Gasteiger partial charge in [-0.15, -0.1) is 0 Å². The van der Waals surface area contributed by atoms with Crippen LogP contribution in [-0.2, 0) is 13.1 Å². The van der Waals surface area contributed by atoms with Crippen LogP contribution < -0.4 is 0 Å². The Morgan fingerprint density at radius 3 is 1.29 bits per heavy atom. The molecule has 0 heterocycles. The second-order valence-corrected chi connectivity index (χ2v) is 13.7. The number of quaternary nitrogens is 2. The molecular formula is C32H54N2+2. The lowest BCUT2D eigenvalue weighted by molar-refractivity contribution is -0.910. The number of hydrogen-bond donors (Lipinski definition) is 0. The van der Waals surface area contributed by atoms with Gasteiger partial charge >= 0.3 is 0 Å². The Labute approximate surface area is 211 Å². The van der Waals surface area contributed by atoms with E-state index in [1.54, 1.807) is 0 Å². The molecule has 34 heavy (non-hydrogen) atoms. The van der Waals surface area contributed by atoms with Gasteiger partial charge in [0.2, 0.25) is 0 Å². The fourth-order valence-corrected chi connectivity index (χ4v) is 7.11. The fraction of sp³-hybridized carbons (Fsp3) is 0.688. The quantitative estimate of drug-likeness (QED) is 0.270. The Morgan fingerprint density at radius 2 is 0.912 bits per heavy atom. The maximum absolute atomic E-state index is 2.53. The van der Waals surface area contributed by atoms with Crippen LogP contribution in [0.2, 0.25) is 0 Å². The molecule has 2 heteroatoms. The standard InChI is InChI=1S/C32H54N2/c1-31(21-13-9-7-10-14-22-31)27-33(3,4)25-29-17-19-30(20-18-29)26-34(5,6)28-32(2)23-15-11-8-12-16-24-32/h7-9,11,17-20H,10,12-16,21-28H2,1-6H3/q+2. The van der Waals surface area contributed by atoms with Gasteiger partial charge < -0.3 is 8.97 Å². The Bertz CT molecular complexity index is 747. The smallest absolute Gasteiger partial charge is 0.104 e. The largest absolute Gasteiger partial charge is 0.324 e. The lowest BCUT2D eigenvalue weighted by Gasteiger charge is -2.40. The van der Waals surface area contributed by atoms with E-state index < -0.39 is 0 Å². The van der Waals surface area contributed by atoms with Gasteiger partial charge in [0.15, 0.2) is 0 Å². The van der Waals surface area contributed by atoms with Crippen LogP contribution in [0.15, 0.2) is 48.6 Å². The average molecular weight is 467 g/mol. The molecule has 0 spiro atoms. The fourth-order valence-electron chi connectivity index (χ4n) is 7.11. The zero-order chi connectivity index (χ0) is 24.7. The van der Waals surface area contributed by atoms with Crippen molar-refractivity contribution in [3.05, 3.63) is 59.7 Å². The van der Waals surface area contributed by atoms with Gasteiger partial charge in [-0.2, -0.15) is 0 Å². The summed E-state index contributed by atoms with van der Waals surface area (Å²) in [5, 5.41) is 0. The van der Waals surface area contributed by atoms with Crippen LogP contribution in [0.4, 0.5) is 0 Å². The van der Waals surface area contributed by atoms with Crippen molar-refractivity contribution in [2.24, 2.45) is 10.8 Å². The zero-order valence-electron chi connectivity index (χ0n) is 23.4. The Kier molecular flexibility index (Phi) is 9.26. The summed E-state index contributed by atoms with van der Waals surface area (Å²) in [5.41, 5.74) is 3.87. The molecule has 0 amide bonds. The summed E-state index contributed by atoms with van der Waals surface area (Å²) in [4.78, 5) is 0. The molecule has 0 bridgehead atoms. The molecule has 0 saturated carbocycles. The number of hydrogen-bond acceptors (Lipinski definition) is 0. The van der Waals surface area contributed by atoms with E-state index in [-0.39, 0.29) is 0 Å². The number of nitrogens with zero attached hydrogens (tertiary/aromatic N) is 2. The molecule has 190 valence electrons. The number of allylic oxidation sites excluding steroid dienone is 4. The minimum absolute atomic E-state index is 0.457. The highest BCUT2D eigenvalue weighted by Crippen LogP contribution is 2.36. The van der Waals surface area contributed by atoms with Crippen LogP contribution in [0.5, 0.6) is 0 Å². The van der Waals surface area contributed by atoms with Crippen molar-refractivity contribution in [2.45, 2.75) is 91.1 Å². The van der Waals surface area contributed by atoms with E-state index in [0.717, 1.165) is 22.1 Å². The van der Waals surface area contributed by atoms with Crippen LogP contribution in [0.25, 0.3) is 0 Å². The lowest BCUT2D eigenvalue weighted by Crippen LogP contribution is -2.47. The van der Waals surface area contributed by atoms with Gasteiger partial charge in [-0.25, -0.2) is 0 Å². The molecule has 1 aromatic rings. The van der Waals surface area contributed by atoms with Crippen LogP contribution in [0.1, 0.15) is 89.2 Å². The highest BCUT2D eigenvalue weighted by atomic mass is 15.3. The normalized spacial score (nSPS) is 27.0. The SMILES string of the molecule is CC1(C[N+](C)(C)Cc2ccc(C[N+](C)(C)CC3(C)CCC=CCCC3)cc2)CCC=CCCC1. The van der Waals surface area contributed by atoms with E-state index in [2.05, 4.69) is 90.6 Å². The van der Waals surface area contributed by atoms with Crippen LogP contribution in [0.3, 0.4) is 0 Å². The van der Waals surface area contributed by atoms with E-state index in [4.69, 9.17) is 0 Å². The van der Waals surface area contributed by atoms with E-state index in [9.17, 15) is 0 Å². The summed E-state index contributed by atoms with van der Waals surface area (Å²) in [6, 6.07) is 9.61. The van der Waals surface area contributed by atoms with Crippen LogP contribution >= 0.6 is 0 Å². The van der Waals surface area contributed by atoms with E-state index in [0.29, 0.717) is 10.8 Å². The first-order valence-electron chi connectivity index (χ1n) is 14.0. The van der Waals surface area contributed by atoms with Gasteiger partial charge in [-0.3, -0.25) is 0 Å². The highest BCUT2D eigenvalue weighted by Gasteiger charge is 2.34. The molecular weight excluding hydrogens is 412 g/mol. The molecule has 0 radical (unpaired) electrons. The van der Waals surface area contributed by atoms with Crippen molar-refractivity contribution in [1.29, 1.82) is 0 Å². The lowest BCUT2D eigenvalue weighted by atomic mass is 9.78. The van der Waals surface area contributed by atoms with Gasteiger partial charge in [0, 0.05) is 22.0 Å². The molecule has 0 aromatic heterocycles. The molecule has 0 saturated heterocycles. The summed E-state index contributed by atoms with van der Waals surface area (Å²) in [6.07, 6.45) is 22.6. The summed E-state index contributed by atoms with van der Waals surface area (Å²) in [7, 11) is 9.72. The highest BCUT2D eigenvalue weighted by molar-refractivity contribution is 5.21. The summed E-state index contributed by atoms with van der Waals surface area (Å²) < 4.78 is 2.15. The van der Waals surface area contributed by atoms with Gasteiger partial charge in [0.05, 0.1) is 41.3 Å². The van der Waals surface area contributed by atoms with Crippen molar-refractivity contribution in [3.8, 4) is 0 Å². The Hall–Kier alpha value is -1.38. The monoisotopic (exact) mass is 466 g/mol. The van der Waals surface area contributed by atoms with Crippen molar-refractivity contribution >= 4 is 0 Å². The average Bonchev–Trinajstić information content (AvgIpc) is 2.69. The number of rotatable bonds is 8. The third kappa shape index (κ3) is 9.00. The van der Waals surface area contributed by atoms with Crippen LogP contribution in [-0.4, -0.2) is 50.2 Å². The zero-order valence-corrected chi connectivity index (χ0v) is 23.4. The van der Waals surface area contributed by atoms with Crippen molar-refractivity contribution in [3.63, 3.8) is 0 Å². The first-order chi connectivity index (χ1) is 16.0. The van der Waals surface area contributed by atoms with Crippen molar-refractivity contribution in [1.82, 2.24) is 0 Å². The van der Waals surface area contributed by atoms with Crippen molar-refractivity contribution < 1.29 is 8.97 Å². The molecule has 0 N–H and O–H groups in total. The van der Waals surface area contributed by atoms with E-state index >= 15 is 0 Å². The van der Waals surface area contributed by atoms with Gasteiger partial charge in [0.25, 0.3) is 0 Å². The number of benzene rings is 1. The second kappa shape index (κ2) is 11.6. The summed E-state index contributed by atoms with van der Waals surface area (Å²) in [5.74, 6) is 0. The van der Waals surface area contributed by atoms with Gasteiger partial charge in [-0.1, -0.05) is 62.4 Å². The summed E-state index contributed by atoms with van der Waals surface area (Å²) >= 11 is 0. The molecule has 2 aliphatic carbocycles. The minimum Gasteiger partial charge on any atom is -0.324 e. The molecule has 2 unspecified atom stereocenters. The second-order valence-electron chi connectivity index (χ2n) is 13.7. The predicted molar refractivity (Wildman–Crippen MR) is 148 cm³/mol. The molecule has 0 aliphatic heterocycles. The first kappa shape index (κ1) is 27.2. The first-order valence-corrected chi connectivity index (χ1v) is 14.0. The van der Waals surface area contributed by atoms with Gasteiger partial charge in [0.1, 0.15) is 13.1 Å². The molecule has 2 atom stereocenters. The molecule has 2 aliphatic rings. The predicted octanol–water partition coefficient (Wildman–Crippen LogP) is 7.89. The van der Waals surface area contributed by atoms with Crippen molar-refractivity contribution in [2.75, 3.05) is 41.3 Å². The molecule has 0 fully saturated rings. The Balaban J connectivity index is 1.57.